The molecule has 1 amide bonds. The highest BCUT2D eigenvalue weighted by Crippen LogP contribution is 2.26. The van der Waals surface area contributed by atoms with Crippen molar-refractivity contribution in [2.24, 2.45) is 4.99 Å². The molecule has 1 aromatic heterocycles. The second-order valence-electron chi connectivity index (χ2n) is 5.47. The summed E-state index contributed by atoms with van der Waals surface area (Å²) in [6.45, 7) is 4.88. The second-order valence-corrected chi connectivity index (χ2v) is 8.48. The molecule has 1 heterocycles. The van der Waals surface area contributed by atoms with Gasteiger partial charge < -0.3 is 4.57 Å². The molecule has 0 aliphatic rings. The zero-order chi connectivity index (χ0) is 18.0. The number of thiazole rings is 1. The first kappa shape index (κ1) is 18.3. The SMILES string of the molecule is CCn1c(-c2ccc(Br)cc2)c(C)sc1=NC(=O)c1cccc(Br)c1. The first-order valence-electron chi connectivity index (χ1n) is 7.80. The van der Waals surface area contributed by atoms with Crippen LogP contribution in [0.1, 0.15) is 22.2 Å². The third-order valence-electron chi connectivity index (χ3n) is 3.78. The van der Waals surface area contributed by atoms with Crippen LogP contribution in [0, 0.1) is 6.92 Å². The summed E-state index contributed by atoms with van der Waals surface area (Å²) < 4.78 is 4.01. The molecule has 0 spiro atoms. The van der Waals surface area contributed by atoms with Crippen LogP contribution in [0.4, 0.5) is 0 Å². The molecule has 0 saturated heterocycles. The smallest absolute Gasteiger partial charge is 0.279 e. The number of aryl methyl sites for hydroxylation is 1. The highest BCUT2D eigenvalue weighted by Gasteiger charge is 2.13. The summed E-state index contributed by atoms with van der Waals surface area (Å²) in [6, 6.07) is 15.5. The van der Waals surface area contributed by atoms with Crippen LogP contribution in [0.3, 0.4) is 0 Å². The van der Waals surface area contributed by atoms with Crippen molar-refractivity contribution in [2.45, 2.75) is 20.4 Å². The summed E-state index contributed by atoms with van der Waals surface area (Å²) in [5, 5.41) is 0. The van der Waals surface area contributed by atoms with Gasteiger partial charge in [-0.3, -0.25) is 4.79 Å². The van der Waals surface area contributed by atoms with Crippen LogP contribution in [0.2, 0.25) is 0 Å². The Morgan fingerprint density at radius 1 is 1.12 bits per heavy atom. The van der Waals surface area contributed by atoms with Crippen molar-refractivity contribution in [1.82, 2.24) is 4.57 Å². The van der Waals surface area contributed by atoms with E-state index in [4.69, 9.17) is 0 Å². The van der Waals surface area contributed by atoms with Crippen LogP contribution in [0.15, 0.2) is 62.5 Å². The topological polar surface area (TPSA) is 34.4 Å². The van der Waals surface area contributed by atoms with Gasteiger partial charge in [0, 0.05) is 25.9 Å². The van der Waals surface area contributed by atoms with Gasteiger partial charge in [0.2, 0.25) is 0 Å². The number of rotatable bonds is 3. The van der Waals surface area contributed by atoms with E-state index in [1.54, 1.807) is 23.5 Å². The van der Waals surface area contributed by atoms with Crippen molar-refractivity contribution in [3.63, 3.8) is 0 Å². The zero-order valence-electron chi connectivity index (χ0n) is 13.8. The molecule has 0 unspecified atom stereocenters. The van der Waals surface area contributed by atoms with Gasteiger partial charge in [-0.15, -0.1) is 11.3 Å². The molecule has 0 radical (unpaired) electrons. The van der Waals surface area contributed by atoms with Gasteiger partial charge >= 0.3 is 0 Å². The summed E-state index contributed by atoms with van der Waals surface area (Å²) >= 11 is 8.41. The lowest BCUT2D eigenvalue weighted by molar-refractivity contribution is 0.0997. The van der Waals surface area contributed by atoms with Gasteiger partial charge in [0.05, 0.1) is 5.69 Å². The van der Waals surface area contributed by atoms with Gasteiger partial charge in [0.25, 0.3) is 5.91 Å². The molecule has 0 bridgehead atoms. The maximum atomic E-state index is 12.5. The average Bonchev–Trinajstić information content (AvgIpc) is 2.90. The number of aromatic nitrogens is 1. The number of carbonyl (C=O) groups excluding carboxylic acids is 1. The molecule has 0 aliphatic carbocycles. The van der Waals surface area contributed by atoms with Crippen LogP contribution in [-0.2, 0) is 6.54 Å². The Labute approximate surface area is 167 Å². The zero-order valence-corrected chi connectivity index (χ0v) is 17.8. The van der Waals surface area contributed by atoms with Crippen molar-refractivity contribution in [3.8, 4) is 11.3 Å². The van der Waals surface area contributed by atoms with Gasteiger partial charge in [-0.05, 0) is 49.7 Å². The number of nitrogens with zero attached hydrogens (tertiary/aromatic N) is 2. The molecule has 0 aliphatic heterocycles. The Morgan fingerprint density at radius 2 is 1.84 bits per heavy atom. The maximum absolute atomic E-state index is 12.5. The average molecular weight is 480 g/mol. The number of hydrogen-bond donors (Lipinski definition) is 0. The molecule has 128 valence electrons. The lowest BCUT2D eigenvalue weighted by atomic mass is 10.1. The third-order valence-corrected chi connectivity index (χ3v) is 5.80. The molecule has 3 aromatic rings. The van der Waals surface area contributed by atoms with E-state index in [0.29, 0.717) is 5.56 Å². The van der Waals surface area contributed by atoms with E-state index in [9.17, 15) is 4.79 Å². The predicted octanol–water partition coefficient (Wildman–Crippen LogP) is 5.81. The normalized spacial score (nSPS) is 11.8. The largest absolute Gasteiger partial charge is 0.316 e. The van der Waals surface area contributed by atoms with Crippen molar-refractivity contribution < 1.29 is 4.79 Å². The summed E-state index contributed by atoms with van der Waals surface area (Å²) in [5.74, 6) is -0.230. The Morgan fingerprint density at radius 3 is 2.48 bits per heavy atom. The van der Waals surface area contributed by atoms with Crippen molar-refractivity contribution in [1.29, 1.82) is 0 Å². The number of hydrogen-bond acceptors (Lipinski definition) is 2. The molecule has 2 aromatic carbocycles. The monoisotopic (exact) mass is 478 g/mol. The molecular formula is C19H16Br2N2OS. The number of carbonyl (C=O) groups is 1. The molecular weight excluding hydrogens is 464 g/mol. The van der Waals surface area contributed by atoms with Crippen LogP contribution in [0.5, 0.6) is 0 Å². The van der Waals surface area contributed by atoms with Crippen LogP contribution < -0.4 is 4.80 Å². The summed E-state index contributed by atoms with van der Waals surface area (Å²) in [5.41, 5.74) is 2.81. The van der Waals surface area contributed by atoms with Gasteiger partial charge in [0.1, 0.15) is 0 Å². The number of halogens is 2. The molecule has 0 atom stereocenters. The van der Waals surface area contributed by atoms with E-state index in [1.807, 2.05) is 24.3 Å². The second kappa shape index (κ2) is 7.81. The number of benzene rings is 2. The summed E-state index contributed by atoms with van der Waals surface area (Å²) in [6.07, 6.45) is 0. The van der Waals surface area contributed by atoms with E-state index in [0.717, 1.165) is 36.4 Å². The van der Waals surface area contributed by atoms with Crippen molar-refractivity contribution >= 4 is 49.1 Å². The van der Waals surface area contributed by atoms with Crippen LogP contribution in [-0.4, -0.2) is 10.5 Å². The fraction of sp³-hybridized carbons (Fsp3) is 0.158. The lowest BCUT2D eigenvalue weighted by Crippen LogP contribution is -2.17. The minimum atomic E-state index is -0.230. The summed E-state index contributed by atoms with van der Waals surface area (Å²) in [4.78, 5) is 18.8. The minimum Gasteiger partial charge on any atom is -0.316 e. The standard InChI is InChI=1S/C19H16Br2N2OS/c1-3-23-17(13-7-9-15(20)10-8-13)12(2)25-19(23)22-18(24)14-5-4-6-16(21)11-14/h4-11H,3H2,1-2H3. The number of amides is 1. The van der Waals surface area contributed by atoms with E-state index in [-0.39, 0.29) is 5.91 Å². The van der Waals surface area contributed by atoms with Crippen molar-refractivity contribution in [2.75, 3.05) is 0 Å². The van der Waals surface area contributed by atoms with E-state index in [1.165, 1.54) is 0 Å². The predicted molar refractivity (Wildman–Crippen MR) is 110 cm³/mol. The fourth-order valence-corrected chi connectivity index (χ4v) is 4.36. The van der Waals surface area contributed by atoms with Crippen LogP contribution in [0.25, 0.3) is 11.3 Å². The van der Waals surface area contributed by atoms with E-state index < -0.39 is 0 Å². The summed E-state index contributed by atoms with van der Waals surface area (Å²) in [7, 11) is 0. The molecule has 0 N–H and O–H groups in total. The Bertz CT molecular complexity index is 987. The molecule has 3 rings (SSSR count). The van der Waals surface area contributed by atoms with E-state index in [2.05, 4.69) is 67.4 Å². The van der Waals surface area contributed by atoms with Crippen LogP contribution >= 0.6 is 43.2 Å². The van der Waals surface area contributed by atoms with Gasteiger partial charge in [-0.25, -0.2) is 0 Å². The highest BCUT2D eigenvalue weighted by atomic mass is 79.9. The van der Waals surface area contributed by atoms with Gasteiger partial charge in [-0.1, -0.05) is 50.1 Å². The van der Waals surface area contributed by atoms with Gasteiger partial charge in [-0.2, -0.15) is 4.99 Å². The van der Waals surface area contributed by atoms with Crippen molar-refractivity contribution in [3.05, 3.63) is 72.7 Å². The highest BCUT2D eigenvalue weighted by molar-refractivity contribution is 9.10. The van der Waals surface area contributed by atoms with Gasteiger partial charge in [0.15, 0.2) is 4.80 Å². The maximum Gasteiger partial charge on any atom is 0.279 e. The molecule has 6 heteroatoms. The van der Waals surface area contributed by atoms with E-state index >= 15 is 0 Å². The fourth-order valence-electron chi connectivity index (χ4n) is 2.64. The molecule has 0 fully saturated rings. The molecule has 3 nitrogen and oxygen atoms in total. The Balaban J connectivity index is 2.10. The Kier molecular flexibility index (Phi) is 5.71. The first-order valence-corrected chi connectivity index (χ1v) is 10.2. The first-order chi connectivity index (χ1) is 12.0. The third kappa shape index (κ3) is 4.02. The lowest BCUT2D eigenvalue weighted by Gasteiger charge is -2.07. The molecule has 0 saturated carbocycles. The quantitative estimate of drug-likeness (QED) is 0.466. The Hall–Kier alpha value is -1.50. The molecule has 25 heavy (non-hydrogen) atoms. The minimum absolute atomic E-state index is 0.230.